The maximum Gasteiger partial charge on any atom is 0.169 e. The van der Waals surface area contributed by atoms with Crippen molar-refractivity contribution in [3.05, 3.63) is 39.9 Å². The predicted molar refractivity (Wildman–Crippen MR) is 50.9 cm³/mol. The zero-order chi connectivity index (χ0) is 10.6. The number of benzene rings is 1. The van der Waals surface area contributed by atoms with E-state index < -0.39 is 4.92 Å². The smallest absolute Gasteiger partial charge is 0.169 e. The van der Waals surface area contributed by atoms with Crippen molar-refractivity contribution in [2.24, 2.45) is 0 Å². The quantitative estimate of drug-likeness (QED) is 0.457. The third-order valence-corrected chi connectivity index (χ3v) is 1.87. The number of hydrogen-bond donors (Lipinski definition) is 0. The number of Topliss-reactive ketones (excluding diaryl/α,β-unsaturated/α-hetero) is 1. The van der Waals surface area contributed by atoms with E-state index in [4.69, 9.17) is 0 Å². The molecule has 0 fully saturated rings. The molecule has 81 valence electrons. The maximum absolute atomic E-state index is 10.7. The molecule has 5 heteroatoms. The van der Waals surface area contributed by atoms with Gasteiger partial charge >= 0.3 is 0 Å². The Bertz CT molecular complexity index is 365. The van der Waals surface area contributed by atoms with Gasteiger partial charge in [-0.25, -0.2) is 0 Å². The van der Waals surface area contributed by atoms with Gasteiger partial charge in [-0.2, -0.15) is 18.2 Å². The van der Waals surface area contributed by atoms with Crippen LogP contribution in [-0.4, -0.2) is 10.7 Å². The summed E-state index contributed by atoms with van der Waals surface area (Å²) in [7, 11) is 0. The van der Waals surface area contributed by atoms with Crippen LogP contribution in [0, 0.1) is 16.2 Å². The summed E-state index contributed by atoms with van der Waals surface area (Å²) >= 11 is 0. The molecule has 0 unspecified atom stereocenters. The van der Waals surface area contributed by atoms with Gasteiger partial charge in [0.15, 0.2) is 5.69 Å². The van der Waals surface area contributed by atoms with Crippen LogP contribution in [0.1, 0.15) is 18.9 Å². The van der Waals surface area contributed by atoms with Crippen molar-refractivity contribution in [2.75, 3.05) is 0 Å². The molecule has 1 rings (SSSR count). The third kappa shape index (κ3) is 4.33. The van der Waals surface area contributed by atoms with Crippen molar-refractivity contribution in [1.29, 1.82) is 0 Å². The Labute approximate surface area is 101 Å². The van der Waals surface area contributed by atoms with E-state index in [-0.39, 0.29) is 31.9 Å². The van der Waals surface area contributed by atoms with Crippen LogP contribution in [0.2, 0.25) is 0 Å². The normalized spacial score (nSPS) is 9.13. The van der Waals surface area contributed by atoms with Crippen LogP contribution in [0.5, 0.6) is 0 Å². The fourth-order valence-corrected chi connectivity index (χ4v) is 1.15. The Morgan fingerprint density at radius 1 is 1.60 bits per heavy atom. The van der Waals surface area contributed by atoms with Crippen molar-refractivity contribution < 1.29 is 30.1 Å². The molecule has 0 amide bonds. The van der Waals surface area contributed by atoms with Crippen LogP contribution >= 0.6 is 0 Å². The molecule has 0 aliphatic rings. The van der Waals surface area contributed by atoms with Gasteiger partial charge < -0.3 is 4.79 Å². The van der Waals surface area contributed by atoms with Crippen molar-refractivity contribution in [3.63, 3.8) is 0 Å². The Hall–Kier alpha value is -1.05. The number of hydrogen-bond acceptors (Lipinski definition) is 3. The second-order valence-electron chi connectivity index (χ2n) is 3.01. The molecule has 0 saturated carbocycles. The standard InChI is InChI=1S/C10H10NO3.Re/c1-8(12)6-7-9-4-2-3-5-10(9)11(13)14;/h3-5H,6-7H2,1H3;/q-1;. The van der Waals surface area contributed by atoms with Gasteiger partial charge in [0.05, 0.1) is 0 Å². The van der Waals surface area contributed by atoms with E-state index in [1.54, 1.807) is 6.07 Å². The van der Waals surface area contributed by atoms with Gasteiger partial charge in [-0.05, 0) is 13.3 Å². The van der Waals surface area contributed by atoms with Gasteiger partial charge in [-0.1, -0.05) is 18.1 Å². The summed E-state index contributed by atoms with van der Waals surface area (Å²) in [4.78, 5) is 20.9. The summed E-state index contributed by atoms with van der Waals surface area (Å²) in [6.45, 7) is 1.47. The topological polar surface area (TPSA) is 60.2 Å². The number of nitro benzene ring substituents is 1. The summed E-state index contributed by atoms with van der Waals surface area (Å²) in [6.07, 6.45) is 0.738. The molecule has 4 nitrogen and oxygen atoms in total. The molecule has 0 bridgehead atoms. The van der Waals surface area contributed by atoms with Crippen LogP contribution in [0.4, 0.5) is 5.69 Å². The number of rotatable bonds is 4. The summed E-state index contributed by atoms with van der Waals surface area (Å²) in [5.41, 5.74) is 0.623. The second-order valence-corrected chi connectivity index (χ2v) is 3.01. The maximum atomic E-state index is 10.7. The fourth-order valence-electron chi connectivity index (χ4n) is 1.15. The number of aryl methyl sites for hydroxylation is 1. The molecule has 0 N–H and O–H groups in total. The first kappa shape index (κ1) is 14.0. The number of carbonyl (C=O) groups excluding carboxylic acids is 1. The molecule has 1 aromatic rings. The van der Waals surface area contributed by atoms with Crippen LogP contribution in [0.3, 0.4) is 0 Å². The molecule has 1 aromatic carbocycles. The van der Waals surface area contributed by atoms with Crippen LogP contribution in [-0.2, 0) is 31.6 Å². The Kier molecular flexibility index (Phi) is 5.99. The minimum absolute atomic E-state index is 0. The molecule has 0 saturated heterocycles. The average Bonchev–Trinajstić information content (AvgIpc) is 2.15. The van der Waals surface area contributed by atoms with Crippen LogP contribution < -0.4 is 0 Å². The molecule has 0 aliphatic carbocycles. The third-order valence-electron chi connectivity index (χ3n) is 1.87. The van der Waals surface area contributed by atoms with Gasteiger partial charge in [-0.3, -0.25) is 10.1 Å². The summed E-state index contributed by atoms with van der Waals surface area (Å²) in [5, 5.41) is 10.6. The predicted octanol–water partition coefficient (Wildman–Crippen LogP) is 1.91. The van der Waals surface area contributed by atoms with Gasteiger partial charge in [0.25, 0.3) is 0 Å². The van der Waals surface area contributed by atoms with E-state index in [1.807, 2.05) is 0 Å². The van der Waals surface area contributed by atoms with Gasteiger partial charge in [0, 0.05) is 25.3 Å². The second kappa shape index (κ2) is 6.44. The first-order valence-electron chi connectivity index (χ1n) is 4.24. The van der Waals surface area contributed by atoms with E-state index in [1.165, 1.54) is 19.1 Å². The van der Waals surface area contributed by atoms with Crippen molar-refractivity contribution in [2.45, 2.75) is 19.8 Å². The zero-order valence-corrected chi connectivity index (χ0v) is 10.9. The van der Waals surface area contributed by atoms with E-state index in [2.05, 4.69) is 6.07 Å². The first-order valence-corrected chi connectivity index (χ1v) is 4.24. The SMILES string of the molecule is CC(=O)CCc1c[c-]ccc1[N+](=O)[O-].[Re]. The van der Waals surface area contributed by atoms with Crippen molar-refractivity contribution >= 4 is 11.5 Å². The van der Waals surface area contributed by atoms with Crippen molar-refractivity contribution in [3.8, 4) is 0 Å². The number of nitro groups is 1. The molecule has 0 spiro atoms. The summed E-state index contributed by atoms with van der Waals surface area (Å²) < 4.78 is 0. The van der Waals surface area contributed by atoms with E-state index in [9.17, 15) is 14.9 Å². The van der Waals surface area contributed by atoms with Gasteiger partial charge in [0.2, 0.25) is 0 Å². The Morgan fingerprint density at radius 3 is 2.80 bits per heavy atom. The average molecular weight is 378 g/mol. The van der Waals surface area contributed by atoms with Crippen LogP contribution in [0.25, 0.3) is 0 Å². The van der Waals surface area contributed by atoms with Crippen molar-refractivity contribution in [1.82, 2.24) is 0 Å². The minimum atomic E-state index is -0.441. The fraction of sp³-hybridized carbons (Fsp3) is 0.300. The monoisotopic (exact) mass is 379 g/mol. The van der Waals surface area contributed by atoms with E-state index in [0.29, 0.717) is 18.4 Å². The molecule has 15 heavy (non-hydrogen) atoms. The number of nitrogens with zero attached hydrogens (tertiary/aromatic N) is 1. The minimum Gasteiger partial charge on any atom is -0.300 e. The number of carbonyl (C=O) groups is 1. The Balaban J connectivity index is 0.00000196. The summed E-state index contributed by atoms with van der Waals surface area (Å²) in [5.74, 6) is 0.0307. The molecular formula is C10H10NO3Re-. The summed E-state index contributed by atoms with van der Waals surface area (Å²) in [6, 6.07) is 7.21. The molecule has 0 heterocycles. The molecule has 0 atom stereocenters. The zero-order valence-electron chi connectivity index (χ0n) is 8.20. The molecule has 0 aromatic heterocycles. The first-order chi connectivity index (χ1) is 6.61. The molecular weight excluding hydrogens is 368 g/mol. The van der Waals surface area contributed by atoms with Gasteiger partial charge in [0.1, 0.15) is 5.78 Å². The largest absolute Gasteiger partial charge is 0.300 e. The van der Waals surface area contributed by atoms with Gasteiger partial charge in [-0.15, -0.1) is 0 Å². The van der Waals surface area contributed by atoms with E-state index >= 15 is 0 Å². The number of ketones is 1. The Morgan fingerprint density at radius 2 is 2.27 bits per heavy atom. The molecule has 1 radical (unpaired) electrons. The van der Waals surface area contributed by atoms with E-state index in [0.717, 1.165) is 0 Å². The molecule has 0 aliphatic heterocycles. The van der Waals surface area contributed by atoms with Crippen LogP contribution in [0.15, 0.2) is 18.2 Å².